The van der Waals surface area contributed by atoms with Crippen molar-refractivity contribution in [3.63, 3.8) is 0 Å². The number of Topliss-reactive ketones (excluding diaryl/α,β-unsaturated/α-hetero) is 1. The fourth-order valence-corrected chi connectivity index (χ4v) is 6.30. The lowest BCUT2D eigenvalue weighted by molar-refractivity contribution is -0.248. The Kier molecular flexibility index (Phi) is 8.08. The van der Waals surface area contributed by atoms with Crippen LogP contribution in [0.4, 0.5) is 0 Å². The van der Waals surface area contributed by atoms with E-state index in [0.29, 0.717) is 13.0 Å². The summed E-state index contributed by atoms with van der Waals surface area (Å²) in [5, 5.41) is -0.528. The molecular weight excluding hydrogens is 438 g/mol. The van der Waals surface area contributed by atoms with Crippen LogP contribution in [0.25, 0.3) is 0 Å². The number of amides is 1. The number of carbonyl (C=O) groups excluding carboxylic acids is 4. The molecule has 0 aliphatic carbocycles. The summed E-state index contributed by atoms with van der Waals surface area (Å²) >= 11 is 0.796. The molecule has 2 heterocycles. The van der Waals surface area contributed by atoms with Gasteiger partial charge in [-0.05, 0) is 37.9 Å². The van der Waals surface area contributed by atoms with Gasteiger partial charge in [-0.2, -0.15) is 0 Å². The molecule has 8 nitrogen and oxygen atoms in total. The molecule has 2 aliphatic rings. The first-order chi connectivity index (χ1) is 14.3. The van der Waals surface area contributed by atoms with Crippen LogP contribution in [-0.2, 0) is 33.2 Å². The van der Waals surface area contributed by atoms with E-state index < -0.39 is 43.0 Å². The summed E-state index contributed by atoms with van der Waals surface area (Å²) in [6, 6.07) is 0. The lowest BCUT2D eigenvalue weighted by atomic mass is 9.72. The van der Waals surface area contributed by atoms with Gasteiger partial charge in [-0.25, -0.2) is 5.06 Å². The van der Waals surface area contributed by atoms with Crippen molar-refractivity contribution in [2.75, 3.05) is 13.2 Å². The minimum Gasteiger partial charge on any atom is -0.413 e. The van der Waals surface area contributed by atoms with Crippen molar-refractivity contribution in [1.82, 2.24) is 5.06 Å². The molecule has 2 rings (SSSR count). The largest absolute Gasteiger partial charge is 0.413 e. The lowest BCUT2D eigenvalue weighted by Gasteiger charge is -2.55. The van der Waals surface area contributed by atoms with Gasteiger partial charge in [-0.3, -0.25) is 24.0 Å². The second-order valence-corrected chi connectivity index (χ2v) is 15.2. The Morgan fingerprint density at radius 3 is 2.55 bits per heavy atom. The van der Waals surface area contributed by atoms with Crippen molar-refractivity contribution in [1.29, 1.82) is 0 Å². The first kappa shape index (κ1) is 25.9. The Hall–Kier alpha value is -1.33. The Balaban J connectivity index is 2.43. The molecule has 0 radical (unpaired) electrons. The minimum atomic E-state index is -2.41. The second-order valence-electron chi connectivity index (χ2n) is 9.38. The first-order valence-electron chi connectivity index (χ1n) is 10.4. The van der Waals surface area contributed by atoms with Crippen molar-refractivity contribution in [2.24, 2.45) is 5.41 Å². The molecule has 0 bridgehead atoms. The van der Waals surface area contributed by atoms with Gasteiger partial charge in [-0.15, -0.1) is 6.58 Å². The third-order valence-corrected chi connectivity index (χ3v) is 12.2. The molecule has 2 aliphatic heterocycles. The molecule has 0 spiro atoms. The molecule has 1 amide bonds. The first-order valence-corrected chi connectivity index (χ1v) is 14.2. The van der Waals surface area contributed by atoms with Crippen molar-refractivity contribution < 1.29 is 33.2 Å². The number of hydrogen-bond donors (Lipinski definition) is 0. The van der Waals surface area contributed by atoms with Gasteiger partial charge >= 0.3 is 0 Å². The Labute approximate surface area is 189 Å². The maximum absolute atomic E-state index is 13.2. The standard InChI is InChI=1S/C21H33NO7SSi/c1-8-11-28-22-18(26)21(16(24)13-23,14(2)29-31(6,7)20(3,4)5)19(22)30-17(25)15-10-9-12-27-15/h8,13-15,19H,1,9-12H2,2-7H3/t14-,15?,19-,21+/m1/s1. The number of ether oxygens (including phenoxy) is 1. The van der Waals surface area contributed by atoms with Crippen LogP contribution >= 0.6 is 11.8 Å². The topological polar surface area (TPSA) is 99.2 Å². The van der Waals surface area contributed by atoms with Gasteiger partial charge in [-0.1, -0.05) is 38.6 Å². The highest BCUT2D eigenvalue weighted by Gasteiger charge is 2.71. The normalized spacial score (nSPS) is 27.5. The van der Waals surface area contributed by atoms with Crippen molar-refractivity contribution in [3.8, 4) is 0 Å². The Morgan fingerprint density at radius 2 is 2.06 bits per heavy atom. The molecule has 10 heteroatoms. The zero-order chi connectivity index (χ0) is 23.6. The quantitative estimate of drug-likeness (QED) is 0.120. The Bertz CT molecular complexity index is 745. The van der Waals surface area contributed by atoms with Crippen LogP contribution in [0.5, 0.6) is 0 Å². The van der Waals surface area contributed by atoms with Crippen LogP contribution in [0.1, 0.15) is 40.5 Å². The van der Waals surface area contributed by atoms with Crippen LogP contribution in [0.3, 0.4) is 0 Å². The van der Waals surface area contributed by atoms with Crippen LogP contribution in [0.15, 0.2) is 12.7 Å². The number of carbonyl (C=O) groups is 4. The average molecular weight is 472 g/mol. The number of nitrogens with zero attached hydrogens (tertiary/aromatic N) is 1. The summed E-state index contributed by atoms with van der Waals surface area (Å²) < 4.78 is 11.8. The van der Waals surface area contributed by atoms with E-state index >= 15 is 0 Å². The molecule has 0 N–H and O–H groups in total. The summed E-state index contributed by atoms with van der Waals surface area (Å²) in [5.74, 6) is -1.60. The Morgan fingerprint density at radius 1 is 1.42 bits per heavy atom. The van der Waals surface area contributed by atoms with Crippen LogP contribution in [0.2, 0.25) is 18.1 Å². The van der Waals surface area contributed by atoms with E-state index in [4.69, 9.17) is 14.0 Å². The molecule has 0 aromatic heterocycles. The summed E-state index contributed by atoms with van der Waals surface area (Å²) in [6.45, 7) is 15.8. The molecule has 2 fully saturated rings. The number of rotatable bonds is 10. The van der Waals surface area contributed by atoms with Crippen LogP contribution in [-0.4, -0.2) is 67.3 Å². The molecule has 174 valence electrons. The summed E-state index contributed by atoms with van der Waals surface area (Å²) in [5.41, 5.74) is -1.84. The zero-order valence-electron chi connectivity index (χ0n) is 19.1. The molecular formula is C21H33NO7SSi. The fraction of sp³-hybridized carbons (Fsp3) is 0.714. The van der Waals surface area contributed by atoms with E-state index in [0.717, 1.165) is 23.2 Å². The predicted molar refractivity (Wildman–Crippen MR) is 120 cm³/mol. The van der Waals surface area contributed by atoms with Gasteiger partial charge in [0, 0.05) is 6.61 Å². The van der Waals surface area contributed by atoms with E-state index in [9.17, 15) is 19.2 Å². The van der Waals surface area contributed by atoms with Crippen molar-refractivity contribution in [3.05, 3.63) is 12.7 Å². The van der Waals surface area contributed by atoms with E-state index in [1.54, 1.807) is 6.92 Å². The van der Waals surface area contributed by atoms with Crippen molar-refractivity contribution in [2.45, 2.75) is 76.3 Å². The maximum atomic E-state index is 13.2. The molecule has 0 aromatic carbocycles. The smallest absolute Gasteiger partial charge is 0.267 e. The van der Waals surface area contributed by atoms with Crippen LogP contribution in [0, 0.1) is 5.41 Å². The summed E-state index contributed by atoms with van der Waals surface area (Å²) in [7, 11) is -2.41. The van der Waals surface area contributed by atoms with E-state index in [1.807, 2.05) is 33.9 Å². The third kappa shape index (κ3) is 4.73. The van der Waals surface area contributed by atoms with E-state index in [-0.39, 0.29) is 23.0 Å². The maximum Gasteiger partial charge on any atom is 0.267 e. The molecule has 0 saturated carbocycles. The monoisotopic (exact) mass is 471 g/mol. The highest BCUT2D eigenvalue weighted by Crippen LogP contribution is 2.52. The van der Waals surface area contributed by atoms with Gasteiger partial charge in [0.1, 0.15) is 11.5 Å². The van der Waals surface area contributed by atoms with E-state index in [2.05, 4.69) is 6.58 Å². The lowest BCUT2D eigenvalue weighted by Crippen LogP contribution is -2.76. The SMILES string of the molecule is C=CCON1C(=O)[C@@](C(=O)C=O)([C@@H](C)O[Si](C)(C)C(C)(C)C)[C@H]1SC(=O)C1CCCO1. The van der Waals surface area contributed by atoms with Gasteiger partial charge in [0.15, 0.2) is 20.0 Å². The molecule has 31 heavy (non-hydrogen) atoms. The molecule has 1 unspecified atom stereocenters. The number of β-lactam (4-membered cyclic amide) rings is 1. The highest BCUT2D eigenvalue weighted by atomic mass is 32.2. The van der Waals surface area contributed by atoms with Gasteiger partial charge in [0.25, 0.3) is 5.91 Å². The van der Waals surface area contributed by atoms with Crippen molar-refractivity contribution >= 4 is 43.2 Å². The number of hydrogen-bond acceptors (Lipinski definition) is 8. The van der Waals surface area contributed by atoms with Gasteiger partial charge < -0.3 is 9.16 Å². The second kappa shape index (κ2) is 9.66. The van der Waals surface area contributed by atoms with Gasteiger partial charge in [0.05, 0.1) is 12.7 Å². The van der Waals surface area contributed by atoms with E-state index in [1.165, 1.54) is 6.08 Å². The summed E-state index contributed by atoms with van der Waals surface area (Å²) in [6.07, 6.45) is 1.40. The minimum absolute atomic E-state index is 0.0136. The molecule has 0 aromatic rings. The predicted octanol–water partition coefficient (Wildman–Crippen LogP) is 2.88. The third-order valence-electron chi connectivity index (χ3n) is 6.34. The number of ketones is 1. The summed E-state index contributed by atoms with van der Waals surface area (Å²) in [4.78, 5) is 56.1. The van der Waals surface area contributed by atoms with Gasteiger partial charge in [0.2, 0.25) is 10.9 Å². The number of thioether (sulfide) groups is 1. The number of aldehydes is 1. The molecule has 2 saturated heterocycles. The zero-order valence-corrected chi connectivity index (χ0v) is 21.0. The number of hydroxylamine groups is 2. The fourth-order valence-electron chi connectivity index (χ4n) is 3.47. The molecule has 4 atom stereocenters. The highest BCUT2D eigenvalue weighted by molar-refractivity contribution is 8.14. The average Bonchev–Trinajstić information content (AvgIpc) is 3.21. The van der Waals surface area contributed by atoms with Crippen LogP contribution < -0.4 is 0 Å².